The summed E-state index contributed by atoms with van der Waals surface area (Å²) in [5.74, 6) is -0.0321. The van der Waals surface area contributed by atoms with Crippen LogP contribution in [0.2, 0.25) is 0 Å². The Morgan fingerprint density at radius 1 is 0.769 bits per heavy atom. The van der Waals surface area contributed by atoms with Gasteiger partial charge < -0.3 is 43.8 Å². The van der Waals surface area contributed by atoms with E-state index in [0.29, 0.717) is 11.2 Å². The Bertz CT molecular complexity index is 1240. The standard InChI is InChI=1S/C18H30BClN9O7P3/c1-30-8-11-33-37(20)27-38(36-15-6-4-14(19)5-7-15,26-18-24-16(21)23-17(22)25-18)29-39(28-37,34-12-9-31-2)35-13-10-32-3/h4-7H,8-13H2,1-3H3,(H5,21,22,23,24,25,26). The Balaban J connectivity index is 2.25. The van der Waals surface area contributed by atoms with Crippen LogP contribution in [0.15, 0.2) is 37.8 Å². The van der Waals surface area contributed by atoms with Crippen LogP contribution >= 0.6 is 33.3 Å². The fourth-order valence-electron chi connectivity index (χ4n) is 2.77. The molecule has 1 aliphatic rings. The third-order valence-electron chi connectivity index (χ3n) is 4.35. The molecular formula is C18H30BClN9O7P3. The van der Waals surface area contributed by atoms with Gasteiger partial charge in [-0.2, -0.15) is 19.5 Å². The highest BCUT2D eigenvalue weighted by Gasteiger charge is 2.42. The van der Waals surface area contributed by atoms with E-state index in [0.717, 1.165) is 0 Å². The van der Waals surface area contributed by atoms with Gasteiger partial charge in [-0.05, 0) is 23.4 Å². The van der Waals surface area contributed by atoms with Crippen molar-refractivity contribution in [1.82, 2.24) is 15.0 Å². The van der Waals surface area contributed by atoms with Crippen LogP contribution in [0, 0.1) is 0 Å². The second kappa shape index (κ2) is 14.7. The lowest BCUT2D eigenvalue weighted by atomic mass is 9.97. The summed E-state index contributed by atoms with van der Waals surface area (Å²) in [5, 5.41) is 3.00. The van der Waals surface area contributed by atoms with E-state index in [-0.39, 0.29) is 57.5 Å². The predicted octanol–water partition coefficient (Wildman–Crippen LogP) is 3.40. The molecule has 16 nitrogen and oxygen atoms in total. The quantitative estimate of drug-likeness (QED) is 0.139. The molecule has 0 bridgehead atoms. The van der Waals surface area contributed by atoms with Crippen molar-refractivity contribution in [2.75, 3.05) is 77.5 Å². The summed E-state index contributed by atoms with van der Waals surface area (Å²) in [7, 11) is 3.12. The summed E-state index contributed by atoms with van der Waals surface area (Å²) in [6.45, 7) is -2.74. The summed E-state index contributed by atoms with van der Waals surface area (Å²) in [4.78, 5) is 12.0. The van der Waals surface area contributed by atoms with Crippen molar-refractivity contribution in [3.05, 3.63) is 24.3 Å². The lowest BCUT2D eigenvalue weighted by molar-refractivity contribution is 0.118. The first-order chi connectivity index (χ1) is 18.6. The minimum Gasteiger partial charge on any atom is -0.427 e. The predicted molar refractivity (Wildman–Crippen MR) is 152 cm³/mol. The first-order valence-corrected chi connectivity index (χ1v) is 16.9. The van der Waals surface area contributed by atoms with E-state index in [2.05, 4.69) is 29.1 Å². The van der Waals surface area contributed by atoms with Gasteiger partial charge in [0.2, 0.25) is 17.8 Å². The maximum absolute atomic E-state index is 6.96. The second-order valence-corrected chi connectivity index (χ2v) is 15.1. The number of nitrogens with one attached hydrogen (secondary N) is 1. The first-order valence-electron chi connectivity index (χ1n) is 11.3. The van der Waals surface area contributed by atoms with Gasteiger partial charge >= 0.3 is 22.0 Å². The topological polar surface area (TPSA) is 204 Å². The van der Waals surface area contributed by atoms with Gasteiger partial charge in [0.15, 0.2) is 0 Å². The van der Waals surface area contributed by atoms with E-state index in [1.54, 1.807) is 24.3 Å². The zero-order valence-electron chi connectivity index (χ0n) is 21.5. The van der Waals surface area contributed by atoms with Gasteiger partial charge in [-0.3, -0.25) is 5.09 Å². The number of hydrogen-bond acceptors (Lipinski definition) is 16. The number of aromatic nitrogens is 3. The molecule has 2 unspecified atom stereocenters. The van der Waals surface area contributed by atoms with E-state index in [9.17, 15) is 0 Å². The van der Waals surface area contributed by atoms with Crippen LogP contribution in [-0.2, 0) is 27.8 Å². The van der Waals surface area contributed by atoms with Crippen LogP contribution in [0.25, 0.3) is 0 Å². The van der Waals surface area contributed by atoms with Crippen LogP contribution < -0.4 is 26.5 Å². The molecule has 21 heteroatoms. The van der Waals surface area contributed by atoms with Crippen LogP contribution in [0.1, 0.15) is 0 Å². The maximum atomic E-state index is 6.96. The molecule has 1 aromatic heterocycles. The van der Waals surface area contributed by atoms with Crippen LogP contribution in [0.5, 0.6) is 5.75 Å². The number of rotatable bonds is 16. The van der Waals surface area contributed by atoms with Crippen molar-refractivity contribution in [2.24, 2.45) is 13.5 Å². The van der Waals surface area contributed by atoms with Gasteiger partial charge in [0, 0.05) is 21.3 Å². The zero-order valence-corrected chi connectivity index (χ0v) is 25.0. The summed E-state index contributed by atoms with van der Waals surface area (Å²) >= 11 is 6.96. The Kier molecular flexibility index (Phi) is 12.0. The smallest absolute Gasteiger partial charge is 0.362 e. The lowest BCUT2D eigenvalue weighted by Crippen LogP contribution is -2.13. The third kappa shape index (κ3) is 9.68. The molecule has 0 aliphatic carbocycles. The average molecular weight is 624 g/mol. The van der Waals surface area contributed by atoms with Crippen LogP contribution in [-0.4, -0.2) is 83.8 Å². The molecular weight excluding hydrogens is 593 g/mol. The van der Waals surface area contributed by atoms with Crippen molar-refractivity contribution in [1.29, 1.82) is 0 Å². The zero-order chi connectivity index (χ0) is 28.4. The fourth-order valence-corrected chi connectivity index (χ4v) is 13.2. The van der Waals surface area contributed by atoms with E-state index >= 15 is 0 Å². The maximum Gasteiger partial charge on any atom is 0.362 e. The number of anilines is 3. The molecule has 0 spiro atoms. The molecule has 5 N–H and O–H groups in total. The lowest BCUT2D eigenvalue weighted by Gasteiger charge is -2.32. The van der Waals surface area contributed by atoms with E-state index in [1.807, 2.05) is 0 Å². The molecule has 0 saturated heterocycles. The minimum absolute atomic E-state index is 0.0600. The van der Waals surface area contributed by atoms with Crippen molar-refractivity contribution in [3.8, 4) is 5.75 Å². The molecule has 0 amide bonds. The van der Waals surface area contributed by atoms with E-state index in [1.165, 1.54) is 21.3 Å². The molecule has 1 aromatic carbocycles. The number of hydrogen-bond donors (Lipinski definition) is 3. The summed E-state index contributed by atoms with van der Waals surface area (Å²) in [5.41, 5.74) is 12.1. The fraction of sp³-hybridized carbons (Fsp3) is 0.500. The molecule has 2 heterocycles. The normalized spacial score (nSPS) is 21.8. The van der Waals surface area contributed by atoms with Gasteiger partial charge in [-0.25, -0.2) is 0 Å². The summed E-state index contributed by atoms with van der Waals surface area (Å²) in [6.07, 6.45) is 0. The van der Waals surface area contributed by atoms with Crippen molar-refractivity contribution >= 4 is 64.4 Å². The SMILES string of the molecule is [B]c1ccc(OP2(Nc3nc(N)nc(N)n3)=NP(Cl)(OCCOC)=NP(OCCOC)(OCCOC)=N2)cc1. The van der Waals surface area contributed by atoms with Gasteiger partial charge in [0.25, 0.3) is 0 Å². The highest BCUT2D eigenvalue weighted by atomic mass is 35.7. The number of nitrogens with two attached hydrogens (primary N) is 2. The Hall–Kier alpha value is -1.77. The number of nitrogens with zero attached hydrogens (tertiary/aromatic N) is 6. The van der Waals surface area contributed by atoms with Crippen molar-refractivity contribution in [2.45, 2.75) is 0 Å². The molecule has 0 saturated carbocycles. The molecule has 3 rings (SSSR count). The van der Waals surface area contributed by atoms with Crippen molar-refractivity contribution < 1.29 is 32.3 Å². The second-order valence-electron chi connectivity index (χ2n) is 7.40. The molecule has 0 fully saturated rings. The van der Waals surface area contributed by atoms with Gasteiger partial charge in [0.1, 0.15) is 13.6 Å². The van der Waals surface area contributed by atoms with Gasteiger partial charge in [0.05, 0.1) is 39.6 Å². The highest BCUT2D eigenvalue weighted by Crippen LogP contribution is 2.80. The molecule has 39 heavy (non-hydrogen) atoms. The van der Waals surface area contributed by atoms with Crippen molar-refractivity contribution in [3.63, 3.8) is 0 Å². The molecule has 2 radical (unpaired) electrons. The number of ether oxygens (including phenoxy) is 3. The number of nitrogen functional groups attached to an aromatic ring is 2. The largest absolute Gasteiger partial charge is 0.427 e. The van der Waals surface area contributed by atoms with Crippen LogP contribution in [0.4, 0.5) is 17.8 Å². The molecule has 1 aliphatic heterocycles. The number of methoxy groups -OCH3 is 3. The average Bonchev–Trinajstić information content (AvgIpc) is 2.85. The summed E-state index contributed by atoms with van der Waals surface area (Å²) < 4.78 is 53.9. The van der Waals surface area contributed by atoms with Crippen LogP contribution in [0.3, 0.4) is 0 Å². The number of benzene rings is 1. The number of halogens is 1. The van der Waals surface area contributed by atoms with Gasteiger partial charge in [-0.15, -0.1) is 9.03 Å². The Morgan fingerprint density at radius 3 is 1.85 bits per heavy atom. The molecule has 2 aromatic rings. The van der Waals surface area contributed by atoms with Gasteiger partial charge in [-0.1, -0.05) is 17.6 Å². The molecule has 214 valence electrons. The Labute approximate surface area is 232 Å². The first kappa shape index (κ1) is 31.8. The highest BCUT2D eigenvalue weighted by molar-refractivity contribution is 7.94. The molecule has 2 atom stereocenters. The minimum atomic E-state index is -3.71. The third-order valence-corrected chi connectivity index (χ3v) is 13.9. The van der Waals surface area contributed by atoms with E-state index < -0.39 is 22.0 Å². The monoisotopic (exact) mass is 623 g/mol. The summed E-state index contributed by atoms with van der Waals surface area (Å²) in [6, 6.07) is 6.54. The Morgan fingerprint density at radius 2 is 1.31 bits per heavy atom. The van der Waals surface area contributed by atoms with E-state index in [4.69, 9.17) is 67.4 Å².